The van der Waals surface area contributed by atoms with Gasteiger partial charge in [-0.2, -0.15) is 5.10 Å². The number of rotatable bonds is 3. The molecule has 166 valence electrons. The van der Waals surface area contributed by atoms with E-state index >= 15 is 0 Å². The van der Waals surface area contributed by atoms with E-state index < -0.39 is 0 Å². The van der Waals surface area contributed by atoms with Gasteiger partial charge >= 0.3 is 0 Å². The fourth-order valence-corrected chi connectivity index (χ4v) is 5.55. The highest BCUT2D eigenvalue weighted by molar-refractivity contribution is 7.21. The van der Waals surface area contributed by atoms with Crippen molar-refractivity contribution in [1.82, 2.24) is 9.99 Å². The topological polar surface area (TPSA) is 71.6 Å². The molecule has 1 atom stereocenters. The molecule has 2 aromatic carbocycles. The third kappa shape index (κ3) is 3.80. The Bertz CT molecular complexity index is 1400. The molecule has 2 N–H and O–H groups in total. The Kier molecular flexibility index (Phi) is 5.25. The quantitative estimate of drug-likeness (QED) is 0.406. The van der Waals surface area contributed by atoms with Crippen molar-refractivity contribution in [2.24, 2.45) is 5.10 Å². The molecule has 0 spiro atoms. The number of pyridine rings is 1. The molecule has 5 rings (SSSR count). The third-order valence-corrected chi connectivity index (χ3v) is 7.27. The summed E-state index contributed by atoms with van der Waals surface area (Å²) in [5, 5.41) is 7.30. The molecular weight excluding hydrogens is 428 g/mol. The number of nitrogens with two attached hydrogens (primary N) is 1. The second kappa shape index (κ2) is 8.12. The number of thiophene rings is 1. The van der Waals surface area contributed by atoms with E-state index in [2.05, 4.69) is 67.4 Å². The third-order valence-electron chi connectivity index (χ3n) is 6.18. The fraction of sp³-hybridized carbons (Fsp3) is 0.222. The molecule has 5 nitrogen and oxygen atoms in total. The van der Waals surface area contributed by atoms with Crippen LogP contribution in [0.4, 0.5) is 5.69 Å². The number of carbonyl (C=O) groups is 1. The van der Waals surface area contributed by atoms with Gasteiger partial charge in [-0.25, -0.2) is 9.99 Å². The summed E-state index contributed by atoms with van der Waals surface area (Å²) in [5.41, 5.74) is 14.3. The zero-order chi connectivity index (χ0) is 23.3. The van der Waals surface area contributed by atoms with Crippen molar-refractivity contribution >= 4 is 38.9 Å². The standard InChI is InChI=1S/C27H26N4OS/c1-15-5-9-19(10-6-15)21-14-22(20-11-7-16(2)8-12-20)31(30-21)27(32)25-24(28)23-17(3)13-18(4)29-26(23)33-25/h5-13,22H,14,28H2,1-4H3/t22-/m1/s1. The summed E-state index contributed by atoms with van der Waals surface area (Å²) >= 11 is 1.35. The van der Waals surface area contributed by atoms with Gasteiger partial charge in [-0.15, -0.1) is 11.3 Å². The predicted molar refractivity (Wildman–Crippen MR) is 136 cm³/mol. The van der Waals surface area contributed by atoms with Gasteiger partial charge in [0, 0.05) is 17.5 Å². The summed E-state index contributed by atoms with van der Waals surface area (Å²) < 4.78 is 0. The zero-order valence-electron chi connectivity index (χ0n) is 19.2. The minimum absolute atomic E-state index is 0.180. The average molecular weight is 455 g/mol. The second-order valence-electron chi connectivity index (χ2n) is 8.80. The molecular formula is C27H26N4OS. The number of aryl methyl sites for hydroxylation is 4. The lowest BCUT2D eigenvalue weighted by atomic mass is 9.97. The number of amides is 1. The van der Waals surface area contributed by atoms with Crippen LogP contribution in [0.2, 0.25) is 0 Å². The SMILES string of the molecule is Cc1ccc(C2=NN(C(=O)c3sc4nc(C)cc(C)c4c3N)[C@@H](c3ccc(C)cc3)C2)cc1. The smallest absolute Gasteiger partial charge is 0.286 e. The molecule has 0 bridgehead atoms. The lowest BCUT2D eigenvalue weighted by molar-refractivity contribution is 0.0717. The van der Waals surface area contributed by atoms with Crippen LogP contribution in [-0.4, -0.2) is 21.6 Å². The Morgan fingerprint density at radius 3 is 2.30 bits per heavy atom. The van der Waals surface area contributed by atoms with Crippen molar-refractivity contribution in [3.63, 3.8) is 0 Å². The van der Waals surface area contributed by atoms with E-state index in [0.717, 1.165) is 38.3 Å². The number of anilines is 1. The number of nitrogen functional groups attached to an aromatic ring is 1. The molecule has 0 saturated carbocycles. The maximum Gasteiger partial charge on any atom is 0.286 e. The molecule has 4 aromatic rings. The molecule has 3 heterocycles. The van der Waals surface area contributed by atoms with Gasteiger partial charge in [0.1, 0.15) is 9.71 Å². The van der Waals surface area contributed by atoms with Crippen molar-refractivity contribution in [1.29, 1.82) is 0 Å². The minimum atomic E-state index is -0.185. The van der Waals surface area contributed by atoms with Crippen molar-refractivity contribution < 1.29 is 4.79 Å². The van der Waals surface area contributed by atoms with Gasteiger partial charge in [-0.3, -0.25) is 4.79 Å². The molecule has 6 heteroatoms. The van der Waals surface area contributed by atoms with Crippen LogP contribution in [0, 0.1) is 27.7 Å². The van der Waals surface area contributed by atoms with E-state index in [9.17, 15) is 4.79 Å². The molecule has 0 fully saturated rings. The first-order chi connectivity index (χ1) is 15.8. The minimum Gasteiger partial charge on any atom is -0.397 e. The van der Waals surface area contributed by atoms with Crippen LogP contribution in [-0.2, 0) is 0 Å². The Hall–Kier alpha value is -3.51. The lowest BCUT2D eigenvalue weighted by Crippen LogP contribution is -2.27. The molecule has 0 radical (unpaired) electrons. The van der Waals surface area contributed by atoms with Crippen LogP contribution in [0.5, 0.6) is 0 Å². The predicted octanol–water partition coefficient (Wildman–Crippen LogP) is 6.10. The molecule has 1 aliphatic rings. The van der Waals surface area contributed by atoms with Crippen molar-refractivity contribution in [2.45, 2.75) is 40.2 Å². The molecule has 33 heavy (non-hydrogen) atoms. The van der Waals surface area contributed by atoms with E-state index in [1.54, 1.807) is 5.01 Å². The summed E-state index contributed by atoms with van der Waals surface area (Å²) in [6.45, 7) is 8.08. The highest BCUT2D eigenvalue weighted by Crippen LogP contribution is 2.40. The molecule has 1 aliphatic heterocycles. The lowest BCUT2D eigenvalue weighted by Gasteiger charge is -2.22. The van der Waals surface area contributed by atoms with Gasteiger partial charge in [0.2, 0.25) is 0 Å². The molecule has 0 saturated heterocycles. The van der Waals surface area contributed by atoms with Crippen LogP contribution in [0.15, 0.2) is 59.7 Å². The van der Waals surface area contributed by atoms with E-state index in [0.29, 0.717) is 17.0 Å². The Morgan fingerprint density at radius 2 is 1.64 bits per heavy atom. The summed E-state index contributed by atoms with van der Waals surface area (Å²) in [7, 11) is 0. The van der Waals surface area contributed by atoms with Gasteiger partial charge in [-0.1, -0.05) is 59.7 Å². The normalized spacial score (nSPS) is 15.8. The number of carbonyl (C=O) groups excluding carboxylic acids is 1. The van der Waals surface area contributed by atoms with Crippen LogP contribution in [0.1, 0.15) is 55.6 Å². The van der Waals surface area contributed by atoms with Gasteiger partial charge in [-0.05, 0) is 50.5 Å². The Balaban J connectivity index is 1.60. The summed E-state index contributed by atoms with van der Waals surface area (Å²) in [5.74, 6) is -0.180. The van der Waals surface area contributed by atoms with Gasteiger partial charge in [0.05, 0.1) is 17.4 Å². The van der Waals surface area contributed by atoms with Crippen LogP contribution < -0.4 is 5.73 Å². The van der Waals surface area contributed by atoms with Crippen molar-refractivity contribution in [3.05, 3.63) is 93.0 Å². The largest absolute Gasteiger partial charge is 0.397 e. The number of fused-ring (bicyclic) bond motifs is 1. The number of benzene rings is 2. The highest BCUT2D eigenvalue weighted by Gasteiger charge is 2.35. The fourth-order valence-electron chi connectivity index (χ4n) is 4.40. The van der Waals surface area contributed by atoms with Crippen LogP contribution in [0.25, 0.3) is 10.2 Å². The first kappa shape index (κ1) is 21.3. The van der Waals surface area contributed by atoms with Gasteiger partial charge in [0.25, 0.3) is 5.91 Å². The maximum atomic E-state index is 13.8. The first-order valence-corrected chi connectivity index (χ1v) is 11.8. The first-order valence-electron chi connectivity index (χ1n) is 11.0. The highest BCUT2D eigenvalue weighted by atomic mass is 32.1. The number of hydrogen-bond donors (Lipinski definition) is 1. The maximum absolute atomic E-state index is 13.8. The van der Waals surface area contributed by atoms with E-state index in [4.69, 9.17) is 10.8 Å². The van der Waals surface area contributed by atoms with Crippen LogP contribution >= 0.6 is 11.3 Å². The molecule has 1 amide bonds. The molecule has 2 aromatic heterocycles. The van der Waals surface area contributed by atoms with Gasteiger partial charge < -0.3 is 5.73 Å². The van der Waals surface area contributed by atoms with E-state index in [1.165, 1.54) is 22.5 Å². The number of hydrazone groups is 1. The van der Waals surface area contributed by atoms with Crippen molar-refractivity contribution in [2.75, 3.05) is 5.73 Å². The Morgan fingerprint density at radius 1 is 1.00 bits per heavy atom. The van der Waals surface area contributed by atoms with E-state index in [1.807, 2.05) is 19.9 Å². The van der Waals surface area contributed by atoms with Crippen molar-refractivity contribution in [3.8, 4) is 0 Å². The van der Waals surface area contributed by atoms with E-state index in [-0.39, 0.29) is 11.9 Å². The summed E-state index contributed by atoms with van der Waals surface area (Å²) in [6.07, 6.45) is 0.652. The number of aromatic nitrogens is 1. The van der Waals surface area contributed by atoms with Crippen LogP contribution in [0.3, 0.4) is 0 Å². The second-order valence-corrected chi connectivity index (χ2v) is 9.80. The molecule has 0 aliphatic carbocycles. The molecule has 0 unspecified atom stereocenters. The average Bonchev–Trinajstić information content (AvgIpc) is 3.36. The number of nitrogens with zero attached hydrogens (tertiary/aromatic N) is 3. The monoisotopic (exact) mass is 454 g/mol. The Labute approximate surface area is 197 Å². The van der Waals surface area contributed by atoms with Gasteiger partial charge in [0.15, 0.2) is 0 Å². The number of hydrogen-bond acceptors (Lipinski definition) is 5. The zero-order valence-corrected chi connectivity index (χ0v) is 20.0. The summed E-state index contributed by atoms with van der Waals surface area (Å²) in [6, 6.07) is 18.4. The summed E-state index contributed by atoms with van der Waals surface area (Å²) in [4.78, 5) is 19.7.